The SMILES string of the molecule is CSC1CCC(NC(=O)C(N)CC(=O)O)C1. The molecule has 1 aliphatic carbocycles. The smallest absolute Gasteiger partial charge is 0.305 e. The molecule has 0 spiro atoms. The Balaban J connectivity index is 2.31. The van der Waals surface area contributed by atoms with E-state index < -0.39 is 12.0 Å². The van der Waals surface area contributed by atoms with Gasteiger partial charge in [0.25, 0.3) is 0 Å². The van der Waals surface area contributed by atoms with Crippen LogP contribution in [0.15, 0.2) is 0 Å². The highest BCUT2D eigenvalue weighted by molar-refractivity contribution is 7.99. The van der Waals surface area contributed by atoms with Gasteiger partial charge >= 0.3 is 5.97 Å². The first kappa shape index (κ1) is 13.3. The minimum Gasteiger partial charge on any atom is -0.481 e. The zero-order chi connectivity index (χ0) is 12.1. The van der Waals surface area contributed by atoms with Gasteiger partial charge in [0, 0.05) is 11.3 Å². The molecule has 6 heteroatoms. The number of aliphatic carboxylic acids is 1. The minimum atomic E-state index is -1.05. The molecule has 1 amide bonds. The van der Waals surface area contributed by atoms with E-state index in [1.165, 1.54) is 0 Å². The zero-order valence-electron chi connectivity index (χ0n) is 9.31. The summed E-state index contributed by atoms with van der Waals surface area (Å²) in [6, 6.07) is -0.782. The average molecular weight is 246 g/mol. The predicted molar refractivity (Wildman–Crippen MR) is 63.3 cm³/mol. The number of nitrogens with one attached hydrogen (secondary N) is 1. The largest absolute Gasteiger partial charge is 0.481 e. The van der Waals surface area contributed by atoms with Crippen molar-refractivity contribution in [2.75, 3.05) is 6.26 Å². The van der Waals surface area contributed by atoms with Crippen molar-refractivity contribution < 1.29 is 14.7 Å². The minimum absolute atomic E-state index is 0.157. The molecule has 16 heavy (non-hydrogen) atoms. The maximum Gasteiger partial charge on any atom is 0.305 e. The van der Waals surface area contributed by atoms with Crippen LogP contribution in [0.2, 0.25) is 0 Å². The molecule has 0 heterocycles. The van der Waals surface area contributed by atoms with E-state index in [1.54, 1.807) is 11.8 Å². The third-order valence-corrected chi connectivity index (χ3v) is 3.89. The van der Waals surface area contributed by atoms with Crippen molar-refractivity contribution in [3.05, 3.63) is 0 Å². The Kier molecular flexibility index (Phi) is 5.08. The van der Waals surface area contributed by atoms with Crippen molar-refractivity contribution >= 4 is 23.6 Å². The van der Waals surface area contributed by atoms with Crippen LogP contribution in [0.3, 0.4) is 0 Å². The number of carboxylic acid groups (broad SMARTS) is 1. The fourth-order valence-corrected chi connectivity index (χ4v) is 2.67. The average Bonchev–Trinajstić information content (AvgIpc) is 2.64. The number of carboxylic acids is 1. The first-order chi connectivity index (χ1) is 7.52. The normalized spacial score (nSPS) is 26.4. The van der Waals surface area contributed by atoms with Gasteiger partial charge in [-0.3, -0.25) is 9.59 Å². The maximum atomic E-state index is 11.5. The Hall–Kier alpha value is -0.750. The number of thioether (sulfide) groups is 1. The number of amides is 1. The summed E-state index contributed by atoms with van der Waals surface area (Å²) >= 11 is 1.81. The molecule has 0 aromatic rings. The summed E-state index contributed by atoms with van der Waals surface area (Å²) in [7, 11) is 0. The van der Waals surface area contributed by atoms with Gasteiger partial charge in [-0.2, -0.15) is 11.8 Å². The van der Waals surface area contributed by atoms with Gasteiger partial charge in [0.1, 0.15) is 0 Å². The first-order valence-electron chi connectivity index (χ1n) is 5.33. The topological polar surface area (TPSA) is 92.4 Å². The van der Waals surface area contributed by atoms with Crippen LogP contribution in [0.4, 0.5) is 0 Å². The molecule has 0 aliphatic heterocycles. The second-order valence-electron chi connectivity index (χ2n) is 4.08. The van der Waals surface area contributed by atoms with Crippen molar-refractivity contribution in [1.29, 1.82) is 0 Å². The van der Waals surface area contributed by atoms with Crippen LogP contribution in [0.5, 0.6) is 0 Å². The summed E-state index contributed by atoms with van der Waals surface area (Å²) in [5.41, 5.74) is 5.47. The van der Waals surface area contributed by atoms with Crippen molar-refractivity contribution in [3.63, 3.8) is 0 Å². The third kappa shape index (κ3) is 4.02. The van der Waals surface area contributed by atoms with E-state index >= 15 is 0 Å². The molecule has 3 unspecified atom stereocenters. The Morgan fingerprint density at radius 1 is 1.56 bits per heavy atom. The summed E-state index contributed by atoms with van der Waals surface area (Å²) < 4.78 is 0. The van der Waals surface area contributed by atoms with Crippen LogP contribution >= 0.6 is 11.8 Å². The molecule has 92 valence electrons. The fourth-order valence-electron chi connectivity index (χ4n) is 1.87. The Bertz CT molecular complexity index is 273. The molecule has 0 radical (unpaired) electrons. The Morgan fingerprint density at radius 3 is 2.75 bits per heavy atom. The predicted octanol–water partition coefficient (Wildman–Crippen LogP) is 0.189. The van der Waals surface area contributed by atoms with E-state index in [0.717, 1.165) is 19.3 Å². The second kappa shape index (κ2) is 6.10. The molecule has 1 saturated carbocycles. The van der Waals surface area contributed by atoms with Gasteiger partial charge in [-0.05, 0) is 25.5 Å². The lowest BCUT2D eigenvalue weighted by atomic mass is 10.2. The Labute approximate surface area is 99.1 Å². The van der Waals surface area contributed by atoms with Gasteiger partial charge in [0.2, 0.25) is 5.91 Å². The van der Waals surface area contributed by atoms with E-state index in [1.807, 2.05) is 0 Å². The van der Waals surface area contributed by atoms with Gasteiger partial charge in [0.15, 0.2) is 0 Å². The quantitative estimate of drug-likeness (QED) is 0.644. The van der Waals surface area contributed by atoms with Crippen LogP contribution in [0.1, 0.15) is 25.7 Å². The molecule has 3 atom stereocenters. The van der Waals surface area contributed by atoms with Crippen LogP contribution in [-0.2, 0) is 9.59 Å². The van der Waals surface area contributed by atoms with Crippen molar-refractivity contribution in [2.24, 2.45) is 5.73 Å². The lowest BCUT2D eigenvalue weighted by molar-refractivity contribution is -0.139. The molecular formula is C10H18N2O3S. The van der Waals surface area contributed by atoms with E-state index in [0.29, 0.717) is 5.25 Å². The van der Waals surface area contributed by atoms with E-state index in [4.69, 9.17) is 10.8 Å². The number of carbonyl (C=O) groups excluding carboxylic acids is 1. The molecule has 0 aromatic heterocycles. The number of hydrogen-bond acceptors (Lipinski definition) is 4. The molecule has 1 rings (SSSR count). The van der Waals surface area contributed by atoms with Crippen LogP contribution in [0, 0.1) is 0 Å². The summed E-state index contributed by atoms with van der Waals surface area (Å²) in [6.07, 6.45) is 4.75. The molecule has 1 fully saturated rings. The number of rotatable bonds is 5. The van der Waals surface area contributed by atoms with Gasteiger partial charge in [0.05, 0.1) is 12.5 Å². The highest BCUT2D eigenvalue weighted by Gasteiger charge is 2.27. The molecular weight excluding hydrogens is 228 g/mol. The molecule has 0 bridgehead atoms. The van der Waals surface area contributed by atoms with E-state index in [-0.39, 0.29) is 18.4 Å². The standard InChI is InChI=1S/C10H18N2O3S/c1-16-7-3-2-6(4-7)12-10(15)8(11)5-9(13)14/h6-8H,2-5,11H2,1H3,(H,12,15)(H,13,14). The van der Waals surface area contributed by atoms with Gasteiger partial charge in [-0.1, -0.05) is 0 Å². The van der Waals surface area contributed by atoms with Crippen molar-refractivity contribution in [3.8, 4) is 0 Å². The number of carbonyl (C=O) groups is 2. The second-order valence-corrected chi connectivity index (χ2v) is 5.22. The summed E-state index contributed by atoms with van der Waals surface area (Å²) in [4.78, 5) is 21.9. The summed E-state index contributed by atoms with van der Waals surface area (Å²) in [5, 5.41) is 11.9. The van der Waals surface area contributed by atoms with Gasteiger partial charge in [-0.15, -0.1) is 0 Å². The molecule has 0 aromatic carbocycles. The molecule has 1 aliphatic rings. The lowest BCUT2D eigenvalue weighted by Crippen LogP contribution is -2.45. The monoisotopic (exact) mass is 246 g/mol. The van der Waals surface area contributed by atoms with Gasteiger partial charge in [-0.25, -0.2) is 0 Å². The highest BCUT2D eigenvalue weighted by Crippen LogP contribution is 2.28. The van der Waals surface area contributed by atoms with Crippen molar-refractivity contribution in [1.82, 2.24) is 5.32 Å². The van der Waals surface area contributed by atoms with Crippen LogP contribution in [0.25, 0.3) is 0 Å². The highest BCUT2D eigenvalue weighted by atomic mass is 32.2. The van der Waals surface area contributed by atoms with Crippen LogP contribution < -0.4 is 11.1 Å². The number of nitrogens with two attached hydrogens (primary N) is 1. The third-order valence-electron chi connectivity index (χ3n) is 2.80. The van der Waals surface area contributed by atoms with Gasteiger partial charge < -0.3 is 16.2 Å². The summed E-state index contributed by atoms with van der Waals surface area (Å²) in [5.74, 6) is -1.40. The Morgan fingerprint density at radius 2 is 2.25 bits per heavy atom. The maximum absolute atomic E-state index is 11.5. The number of hydrogen-bond donors (Lipinski definition) is 3. The van der Waals surface area contributed by atoms with E-state index in [9.17, 15) is 9.59 Å². The molecule has 5 nitrogen and oxygen atoms in total. The molecule has 4 N–H and O–H groups in total. The van der Waals surface area contributed by atoms with Crippen molar-refractivity contribution in [2.45, 2.75) is 43.0 Å². The fraction of sp³-hybridized carbons (Fsp3) is 0.800. The van der Waals surface area contributed by atoms with E-state index in [2.05, 4.69) is 11.6 Å². The lowest BCUT2D eigenvalue weighted by Gasteiger charge is -2.15. The first-order valence-corrected chi connectivity index (χ1v) is 6.62. The summed E-state index contributed by atoms with van der Waals surface area (Å²) in [6.45, 7) is 0. The van der Waals surface area contributed by atoms with Crippen LogP contribution in [-0.4, -0.2) is 40.6 Å². The zero-order valence-corrected chi connectivity index (χ0v) is 10.1. The molecule has 0 saturated heterocycles.